The molecule has 0 saturated carbocycles. The maximum Gasteiger partial charge on any atom is 0.248 e. The van der Waals surface area contributed by atoms with Crippen LogP contribution in [0, 0.1) is 5.92 Å². The molecule has 1 unspecified atom stereocenters. The molecular formula is C8H15NO3. The summed E-state index contributed by atoms with van der Waals surface area (Å²) in [5.74, 6) is -0.222. The Labute approximate surface area is 71.9 Å². The van der Waals surface area contributed by atoms with Crippen molar-refractivity contribution >= 4 is 5.91 Å². The Morgan fingerprint density at radius 3 is 2.67 bits per heavy atom. The van der Waals surface area contributed by atoms with Crippen molar-refractivity contribution < 1.29 is 14.6 Å². The van der Waals surface area contributed by atoms with Crippen molar-refractivity contribution in [2.45, 2.75) is 18.9 Å². The Hall–Kier alpha value is -0.610. The molecule has 1 rings (SSSR count). The molecule has 0 aromatic carbocycles. The Balaban J connectivity index is 2.39. The van der Waals surface area contributed by atoms with Crippen LogP contribution in [0.1, 0.15) is 12.8 Å². The number of aliphatic hydroxyl groups is 1. The van der Waals surface area contributed by atoms with E-state index in [4.69, 9.17) is 4.74 Å². The molecular weight excluding hydrogens is 158 g/mol. The first-order chi connectivity index (χ1) is 5.75. The van der Waals surface area contributed by atoms with Gasteiger partial charge in [0.1, 0.15) is 6.10 Å². The second kappa shape index (κ2) is 4.42. The SMILES string of the molecule is CNC(=O)C(O)C1CCOCC1. The van der Waals surface area contributed by atoms with Gasteiger partial charge in [-0.1, -0.05) is 0 Å². The van der Waals surface area contributed by atoms with E-state index < -0.39 is 6.10 Å². The van der Waals surface area contributed by atoms with Crippen molar-refractivity contribution in [3.63, 3.8) is 0 Å². The first-order valence-electron chi connectivity index (χ1n) is 4.23. The van der Waals surface area contributed by atoms with E-state index in [1.807, 2.05) is 0 Å². The summed E-state index contributed by atoms with van der Waals surface area (Å²) in [6.45, 7) is 1.30. The third-order valence-corrected chi connectivity index (χ3v) is 2.23. The highest BCUT2D eigenvalue weighted by molar-refractivity contribution is 5.80. The molecule has 1 heterocycles. The zero-order chi connectivity index (χ0) is 8.97. The summed E-state index contributed by atoms with van der Waals surface area (Å²) in [6.07, 6.45) is 0.683. The summed E-state index contributed by atoms with van der Waals surface area (Å²) < 4.78 is 5.12. The Morgan fingerprint density at radius 2 is 2.17 bits per heavy atom. The second-order valence-electron chi connectivity index (χ2n) is 3.01. The maximum atomic E-state index is 11.0. The smallest absolute Gasteiger partial charge is 0.248 e. The number of ether oxygens (including phenoxy) is 1. The first kappa shape index (κ1) is 9.48. The van der Waals surface area contributed by atoms with Gasteiger partial charge in [0.05, 0.1) is 0 Å². The third-order valence-electron chi connectivity index (χ3n) is 2.23. The van der Waals surface area contributed by atoms with Crippen molar-refractivity contribution in [3.8, 4) is 0 Å². The van der Waals surface area contributed by atoms with Crippen LogP contribution in [0.4, 0.5) is 0 Å². The van der Waals surface area contributed by atoms with Crippen LogP contribution in [0.2, 0.25) is 0 Å². The number of amides is 1. The molecule has 1 fully saturated rings. The van der Waals surface area contributed by atoms with Crippen LogP contribution >= 0.6 is 0 Å². The minimum absolute atomic E-state index is 0.0682. The van der Waals surface area contributed by atoms with E-state index in [2.05, 4.69) is 5.32 Å². The number of carbonyl (C=O) groups excluding carboxylic acids is 1. The number of carbonyl (C=O) groups is 1. The zero-order valence-corrected chi connectivity index (χ0v) is 7.25. The lowest BCUT2D eigenvalue weighted by Gasteiger charge is -2.25. The summed E-state index contributed by atoms with van der Waals surface area (Å²) in [7, 11) is 1.53. The predicted molar refractivity (Wildman–Crippen MR) is 43.6 cm³/mol. The topological polar surface area (TPSA) is 58.6 Å². The van der Waals surface area contributed by atoms with Gasteiger partial charge in [-0.05, 0) is 18.8 Å². The molecule has 1 aliphatic heterocycles. The van der Waals surface area contributed by atoms with Gasteiger partial charge in [0, 0.05) is 20.3 Å². The average Bonchev–Trinajstić information content (AvgIpc) is 2.17. The monoisotopic (exact) mass is 173 g/mol. The largest absolute Gasteiger partial charge is 0.383 e. The number of rotatable bonds is 2. The fourth-order valence-electron chi connectivity index (χ4n) is 1.39. The lowest BCUT2D eigenvalue weighted by atomic mass is 9.93. The van der Waals surface area contributed by atoms with Crippen LogP contribution in [-0.4, -0.2) is 37.4 Å². The third kappa shape index (κ3) is 2.19. The number of hydrogen-bond acceptors (Lipinski definition) is 3. The number of hydrogen-bond donors (Lipinski definition) is 2. The fourth-order valence-corrected chi connectivity index (χ4v) is 1.39. The van der Waals surface area contributed by atoms with Crippen molar-refractivity contribution in [3.05, 3.63) is 0 Å². The molecule has 12 heavy (non-hydrogen) atoms. The number of aliphatic hydroxyl groups excluding tert-OH is 1. The van der Waals surface area contributed by atoms with Gasteiger partial charge in [0.2, 0.25) is 5.91 Å². The quantitative estimate of drug-likeness (QED) is 0.593. The van der Waals surface area contributed by atoms with Crippen LogP contribution in [0.15, 0.2) is 0 Å². The van der Waals surface area contributed by atoms with Crippen LogP contribution in [-0.2, 0) is 9.53 Å². The van der Waals surface area contributed by atoms with Crippen molar-refractivity contribution in [1.29, 1.82) is 0 Å². The van der Waals surface area contributed by atoms with Gasteiger partial charge < -0.3 is 15.2 Å². The molecule has 0 bridgehead atoms. The summed E-state index contributed by atoms with van der Waals surface area (Å²) in [5, 5.41) is 11.9. The van der Waals surface area contributed by atoms with Gasteiger partial charge in [0.25, 0.3) is 0 Å². The molecule has 1 saturated heterocycles. The van der Waals surface area contributed by atoms with Crippen molar-refractivity contribution in [2.75, 3.05) is 20.3 Å². The Kier molecular flexibility index (Phi) is 3.49. The van der Waals surface area contributed by atoms with E-state index in [0.717, 1.165) is 12.8 Å². The van der Waals surface area contributed by atoms with E-state index in [9.17, 15) is 9.90 Å². The summed E-state index contributed by atoms with van der Waals surface area (Å²) in [4.78, 5) is 11.0. The normalized spacial score (nSPS) is 21.8. The zero-order valence-electron chi connectivity index (χ0n) is 7.25. The molecule has 0 aliphatic carbocycles. The minimum atomic E-state index is -0.862. The van der Waals surface area contributed by atoms with E-state index >= 15 is 0 Å². The number of likely N-dealkylation sites (N-methyl/N-ethyl adjacent to an activating group) is 1. The molecule has 0 aromatic rings. The highest BCUT2D eigenvalue weighted by Gasteiger charge is 2.26. The number of nitrogens with one attached hydrogen (secondary N) is 1. The lowest BCUT2D eigenvalue weighted by molar-refractivity contribution is -0.133. The van der Waals surface area contributed by atoms with Gasteiger partial charge in [0.15, 0.2) is 0 Å². The van der Waals surface area contributed by atoms with Crippen LogP contribution in [0.3, 0.4) is 0 Å². The molecule has 4 heteroatoms. The highest BCUT2D eigenvalue weighted by atomic mass is 16.5. The predicted octanol–water partition coefficient (Wildman–Crippen LogP) is -0.480. The standard InChI is InChI=1S/C8H15NO3/c1-9-8(11)7(10)6-2-4-12-5-3-6/h6-7,10H,2-5H2,1H3,(H,9,11). The average molecular weight is 173 g/mol. The van der Waals surface area contributed by atoms with E-state index in [0.29, 0.717) is 13.2 Å². The van der Waals surface area contributed by atoms with E-state index in [1.165, 1.54) is 7.05 Å². The molecule has 0 aromatic heterocycles. The van der Waals surface area contributed by atoms with Gasteiger partial charge >= 0.3 is 0 Å². The Bertz CT molecular complexity index is 154. The second-order valence-corrected chi connectivity index (χ2v) is 3.01. The molecule has 0 radical (unpaired) electrons. The Morgan fingerprint density at radius 1 is 1.58 bits per heavy atom. The van der Waals surface area contributed by atoms with E-state index in [-0.39, 0.29) is 11.8 Å². The molecule has 1 atom stereocenters. The molecule has 2 N–H and O–H groups in total. The minimum Gasteiger partial charge on any atom is -0.383 e. The lowest BCUT2D eigenvalue weighted by Crippen LogP contribution is -2.39. The van der Waals surface area contributed by atoms with Crippen molar-refractivity contribution in [1.82, 2.24) is 5.32 Å². The van der Waals surface area contributed by atoms with Gasteiger partial charge in [-0.2, -0.15) is 0 Å². The van der Waals surface area contributed by atoms with Gasteiger partial charge in [-0.15, -0.1) is 0 Å². The summed E-state index contributed by atoms with van der Waals surface area (Å²) >= 11 is 0. The van der Waals surface area contributed by atoms with Crippen LogP contribution < -0.4 is 5.32 Å². The van der Waals surface area contributed by atoms with Crippen LogP contribution in [0.25, 0.3) is 0 Å². The maximum absolute atomic E-state index is 11.0. The molecule has 1 amide bonds. The van der Waals surface area contributed by atoms with E-state index in [1.54, 1.807) is 0 Å². The van der Waals surface area contributed by atoms with Crippen molar-refractivity contribution in [2.24, 2.45) is 5.92 Å². The van der Waals surface area contributed by atoms with Gasteiger partial charge in [-0.25, -0.2) is 0 Å². The summed E-state index contributed by atoms with van der Waals surface area (Å²) in [6, 6.07) is 0. The fraction of sp³-hybridized carbons (Fsp3) is 0.875. The molecule has 4 nitrogen and oxygen atoms in total. The molecule has 1 aliphatic rings. The first-order valence-corrected chi connectivity index (χ1v) is 4.23. The highest BCUT2D eigenvalue weighted by Crippen LogP contribution is 2.18. The molecule has 70 valence electrons. The van der Waals surface area contributed by atoms with Gasteiger partial charge in [-0.3, -0.25) is 4.79 Å². The summed E-state index contributed by atoms with van der Waals surface area (Å²) in [5.41, 5.74) is 0. The molecule has 0 spiro atoms. The van der Waals surface area contributed by atoms with Crippen LogP contribution in [0.5, 0.6) is 0 Å².